The highest BCUT2D eigenvalue weighted by Crippen LogP contribution is 2.37. The molecule has 0 fully saturated rings. The van der Waals surface area contributed by atoms with Crippen molar-refractivity contribution in [2.24, 2.45) is 0 Å². The molecule has 2 aliphatic rings. The molecule has 4 nitrogen and oxygen atoms in total. The van der Waals surface area contributed by atoms with Gasteiger partial charge in [-0.2, -0.15) is 0 Å². The van der Waals surface area contributed by atoms with Crippen molar-refractivity contribution in [2.75, 3.05) is 13.4 Å². The van der Waals surface area contributed by atoms with Crippen LogP contribution < -0.4 is 19.5 Å². The Labute approximate surface area is 131 Å². The minimum atomic E-state index is 0.221. The van der Waals surface area contributed by atoms with E-state index in [-0.39, 0.29) is 6.04 Å². The first kappa shape index (κ1) is 13.0. The minimum Gasteiger partial charge on any atom is -0.491 e. The van der Waals surface area contributed by atoms with Gasteiger partial charge in [-0.05, 0) is 23.8 Å². The molecule has 0 spiro atoms. The van der Waals surface area contributed by atoms with Crippen LogP contribution in [0.3, 0.4) is 0 Å². The molecule has 4 rings (SSSR count). The maximum absolute atomic E-state index is 5.68. The summed E-state index contributed by atoms with van der Waals surface area (Å²) in [6.07, 6.45) is 0. The highest BCUT2D eigenvalue weighted by Gasteiger charge is 2.23. The van der Waals surface area contributed by atoms with Crippen LogP contribution in [0.5, 0.6) is 17.2 Å². The monoisotopic (exact) mass is 347 g/mol. The van der Waals surface area contributed by atoms with Gasteiger partial charge >= 0.3 is 0 Å². The molecule has 1 atom stereocenters. The normalized spacial score (nSPS) is 18.4. The van der Waals surface area contributed by atoms with Crippen LogP contribution in [-0.2, 0) is 6.54 Å². The van der Waals surface area contributed by atoms with Crippen LogP contribution in [0.15, 0.2) is 40.9 Å². The molecule has 21 heavy (non-hydrogen) atoms. The molecule has 1 N–H and O–H groups in total. The fourth-order valence-electron chi connectivity index (χ4n) is 2.66. The zero-order chi connectivity index (χ0) is 14.2. The van der Waals surface area contributed by atoms with Crippen molar-refractivity contribution in [1.29, 1.82) is 0 Å². The standard InChI is InChI=1S/C16H14BrNO3/c17-12-6-16-15(20-9-21-16)5-10(12)7-18-13-8-19-14-4-2-1-3-11(13)14/h1-6,13,18H,7-9H2. The Bertz CT molecular complexity index is 689. The Morgan fingerprint density at radius 3 is 2.76 bits per heavy atom. The summed E-state index contributed by atoms with van der Waals surface area (Å²) in [6.45, 7) is 1.70. The average Bonchev–Trinajstić information content (AvgIpc) is 3.11. The third-order valence-electron chi connectivity index (χ3n) is 3.78. The number of para-hydroxylation sites is 1. The number of hydrogen-bond acceptors (Lipinski definition) is 4. The minimum absolute atomic E-state index is 0.221. The van der Waals surface area contributed by atoms with Crippen molar-refractivity contribution < 1.29 is 14.2 Å². The van der Waals surface area contributed by atoms with Crippen LogP contribution >= 0.6 is 15.9 Å². The Balaban J connectivity index is 1.51. The second-order valence-corrected chi connectivity index (χ2v) is 5.93. The summed E-state index contributed by atoms with van der Waals surface area (Å²) in [5, 5.41) is 3.53. The summed E-state index contributed by atoms with van der Waals surface area (Å²) >= 11 is 3.58. The summed E-state index contributed by atoms with van der Waals surface area (Å²) < 4.78 is 17.5. The maximum atomic E-state index is 5.68. The first-order chi connectivity index (χ1) is 10.3. The van der Waals surface area contributed by atoms with Crippen molar-refractivity contribution in [3.8, 4) is 17.2 Å². The lowest BCUT2D eigenvalue weighted by molar-refractivity contribution is 0.174. The number of halogens is 1. The first-order valence-electron chi connectivity index (χ1n) is 6.84. The molecule has 0 amide bonds. The zero-order valence-corrected chi connectivity index (χ0v) is 12.9. The van der Waals surface area contributed by atoms with Gasteiger partial charge in [0.05, 0.1) is 6.04 Å². The number of benzene rings is 2. The average molecular weight is 348 g/mol. The fourth-order valence-corrected chi connectivity index (χ4v) is 3.12. The fraction of sp³-hybridized carbons (Fsp3) is 0.250. The maximum Gasteiger partial charge on any atom is 0.231 e. The van der Waals surface area contributed by atoms with Crippen molar-refractivity contribution in [1.82, 2.24) is 5.32 Å². The second-order valence-electron chi connectivity index (χ2n) is 5.08. The Morgan fingerprint density at radius 1 is 1.05 bits per heavy atom. The lowest BCUT2D eigenvalue weighted by Crippen LogP contribution is -2.22. The van der Waals surface area contributed by atoms with Gasteiger partial charge in [-0.1, -0.05) is 34.1 Å². The van der Waals surface area contributed by atoms with Gasteiger partial charge in [-0.3, -0.25) is 0 Å². The summed E-state index contributed by atoms with van der Waals surface area (Å²) in [5.41, 5.74) is 2.36. The van der Waals surface area contributed by atoms with Crippen LogP contribution in [-0.4, -0.2) is 13.4 Å². The summed E-state index contributed by atoms with van der Waals surface area (Å²) in [6, 6.07) is 12.3. The molecular weight excluding hydrogens is 334 g/mol. The van der Waals surface area contributed by atoms with Gasteiger partial charge in [0.15, 0.2) is 11.5 Å². The van der Waals surface area contributed by atoms with E-state index < -0.39 is 0 Å². The third kappa shape index (κ3) is 2.36. The second kappa shape index (κ2) is 5.24. The Kier molecular flexibility index (Phi) is 3.24. The summed E-state index contributed by atoms with van der Waals surface area (Å²) in [5.74, 6) is 2.57. The van der Waals surface area contributed by atoms with Crippen molar-refractivity contribution in [3.63, 3.8) is 0 Å². The molecule has 2 aliphatic heterocycles. The molecule has 0 saturated heterocycles. The first-order valence-corrected chi connectivity index (χ1v) is 7.64. The van der Waals surface area contributed by atoms with Gasteiger partial charge in [0.2, 0.25) is 6.79 Å². The van der Waals surface area contributed by atoms with Crippen molar-refractivity contribution in [3.05, 3.63) is 52.0 Å². The van der Waals surface area contributed by atoms with E-state index >= 15 is 0 Å². The Hall–Kier alpha value is -1.72. The summed E-state index contributed by atoms with van der Waals surface area (Å²) in [4.78, 5) is 0. The highest BCUT2D eigenvalue weighted by atomic mass is 79.9. The molecule has 0 bridgehead atoms. The van der Waals surface area contributed by atoms with Gasteiger partial charge < -0.3 is 19.5 Å². The molecule has 0 saturated carbocycles. The zero-order valence-electron chi connectivity index (χ0n) is 11.3. The molecule has 1 unspecified atom stereocenters. The Morgan fingerprint density at radius 2 is 1.86 bits per heavy atom. The van der Waals surface area contributed by atoms with E-state index in [0.717, 1.165) is 33.8 Å². The molecule has 0 aliphatic carbocycles. The van der Waals surface area contributed by atoms with E-state index in [9.17, 15) is 0 Å². The predicted octanol–water partition coefficient (Wildman–Crippen LogP) is 3.40. The SMILES string of the molecule is Brc1cc2c(cc1CNC1COc3ccccc31)OCO2. The number of rotatable bonds is 3. The number of fused-ring (bicyclic) bond motifs is 2. The smallest absolute Gasteiger partial charge is 0.231 e. The van der Waals surface area contributed by atoms with Gasteiger partial charge in [-0.15, -0.1) is 0 Å². The molecule has 0 radical (unpaired) electrons. The van der Waals surface area contributed by atoms with Crippen LogP contribution in [0.2, 0.25) is 0 Å². The largest absolute Gasteiger partial charge is 0.491 e. The number of ether oxygens (including phenoxy) is 3. The molecule has 2 aromatic carbocycles. The van der Waals surface area contributed by atoms with E-state index in [1.54, 1.807) is 0 Å². The third-order valence-corrected chi connectivity index (χ3v) is 4.52. The van der Waals surface area contributed by atoms with Gasteiger partial charge in [-0.25, -0.2) is 0 Å². The quantitative estimate of drug-likeness (QED) is 0.923. The van der Waals surface area contributed by atoms with Crippen molar-refractivity contribution >= 4 is 15.9 Å². The molecule has 5 heteroatoms. The van der Waals surface area contributed by atoms with E-state index in [1.807, 2.05) is 30.3 Å². The summed E-state index contributed by atoms with van der Waals surface area (Å²) in [7, 11) is 0. The molecule has 2 heterocycles. The van der Waals surface area contributed by atoms with Gasteiger partial charge in [0, 0.05) is 16.6 Å². The molecule has 2 aromatic rings. The van der Waals surface area contributed by atoms with E-state index in [1.165, 1.54) is 5.56 Å². The van der Waals surface area contributed by atoms with Crippen LogP contribution in [0.25, 0.3) is 0 Å². The van der Waals surface area contributed by atoms with Gasteiger partial charge in [0.25, 0.3) is 0 Å². The van der Waals surface area contributed by atoms with E-state index in [0.29, 0.717) is 13.4 Å². The number of nitrogens with one attached hydrogen (secondary N) is 1. The molecule has 0 aromatic heterocycles. The lowest BCUT2D eigenvalue weighted by atomic mass is 10.1. The van der Waals surface area contributed by atoms with E-state index in [4.69, 9.17) is 14.2 Å². The van der Waals surface area contributed by atoms with Crippen LogP contribution in [0.1, 0.15) is 17.2 Å². The predicted molar refractivity (Wildman–Crippen MR) is 81.8 cm³/mol. The lowest BCUT2D eigenvalue weighted by Gasteiger charge is -2.13. The molecule has 108 valence electrons. The molecular formula is C16H14BrNO3. The van der Waals surface area contributed by atoms with E-state index in [2.05, 4.69) is 27.3 Å². The topological polar surface area (TPSA) is 39.7 Å². The van der Waals surface area contributed by atoms with Crippen LogP contribution in [0.4, 0.5) is 0 Å². The number of hydrogen-bond donors (Lipinski definition) is 1. The van der Waals surface area contributed by atoms with Crippen LogP contribution in [0, 0.1) is 0 Å². The highest BCUT2D eigenvalue weighted by molar-refractivity contribution is 9.10. The van der Waals surface area contributed by atoms with Gasteiger partial charge in [0.1, 0.15) is 12.4 Å². The van der Waals surface area contributed by atoms with Crippen molar-refractivity contribution in [2.45, 2.75) is 12.6 Å².